The van der Waals surface area contributed by atoms with Crippen molar-refractivity contribution in [2.45, 2.75) is 24.7 Å². The SMILES string of the molecule is CC(C)c1ccc(NS(=O)(=O)c2cccc(F)c2)c(C(=O)O)c1. The van der Waals surface area contributed by atoms with Crippen LogP contribution in [0.4, 0.5) is 10.1 Å². The van der Waals surface area contributed by atoms with Gasteiger partial charge in [0.2, 0.25) is 0 Å². The number of halogens is 1. The highest BCUT2D eigenvalue weighted by atomic mass is 32.2. The molecule has 0 saturated carbocycles. The Morgan fingerprint density at radius 3 is 2.43 bits per heavy atom. The van der Waals surface area contributed by atoms with E-state index in [-0.39, 0.29) is 22.1 Å². The van der Waals surface area contributed by atoms with Gasteiger partial charge in [-0.2, -0.15) is 0 Å². The molecule has 0 radical (unpaired) electrons. The van der Waals surface area contributed by atoms with Crippen LogP contribution in [0.1, 0.15) is 35.7 Å². The van der Waals surface area contributed by atoms with E-state index >= 15 is 0 Å². The zero-order chi connectivity index (χ0) is 17.2. The summed E-state index contributed by atoms with van der Waals surface area (Å²) in [6.45, 7) is 3.80. The number of nitrogens with one attached hydrogen (secondary N) is 1. The van der Waals surface area contributed by atoms with Gasteiger partial charge in [0.25, 0.3) is 10.0 Å². The Kier molecular flexibility index (Phi) is 4.70. The van der Waals surface area contributed by atoms with Crippen LogP contribution < -0.4 is 4.72 Å². The van der Waals surface area contributed by atoms with E-state index in [0.717, 1.165) is 17.7 Å². The third-order valence-electron chi connectivity index (χ3n) is 3.29. The molecule has 0 aromatic heterocycles. The number of aromatic carboxylic acids is 1. The van der Waals surface area contributed by atoms with E-state index < -0.39 is 21.8 Å². The Morgan fingerprint density at radius 1 is 1.17 bits per heavy atom. The van der Waals surface area contributed by atoms with Gasteiger partial charge in [0.05, 0.1) is 16.1 Å². The molecule has 0 fully saturated rings. The van der Waals surface area contributed by atoms with Gasteiger partial charge in [0.15, 0.2) is 0 Å². The molecule has 5 nitrogen and oxygen atoms in total. The highest BCUT2D eigenvalue weighted by Crippen LogP contribution is 2.25. The van der Waals surface area contributed by atoms with E-state index in [2.05, 4.69) is 4.72 Å². The van der Waals surface area contributed by atoms with Gasteiger partial charge in [0, 0.05) is 0 Å². The summed E-state index contributed by atoms with van der Waals surface area (Å²) in [7, 11) is -4.08. The van der Waals surface area contributed by atoms with Gasteiger partial charge in [-0.25, -0.2) is 17.6 Å². The van der Waals surface area contributed by atoms with E-state index in [1.807, 2.05) is 13.8 Å². The standard InChI is InChI=1S/C16H16FNO4S/c1-10(2)11-6-7-15(14(8-11)16(19)20)18-23(21,22)13-5-3-4-12(17)9-13/h3-10,18H,1-2H3,(H,19,20). The molecule has 7 heteroatoms. The smallest absolute Gasteiger partial charge is 0.337 e. The monoisotopic (exact) mass is 337 g/mol. The molecule has 0 aliphatic rings. The van der Waals surface area contributed by atoms with Gasteiger partial charge >= 0.3 is 5.97 Å². The minimum absolute atomic E-state index is 0.0637. The van der Waals surface area contributed by atoms with Crippen molar-refractivity contribution >= 4 is 21.7 Å². The maximum Gasteiger partial charge on any atom is 0.337 e. The van der Waals surface area contributed by atoms with Crippen LogP contribution in [0.3, 0.4) is 0 Å². The van der Waals surface area contributed by atoms with Crippen molar-refractivity contribution in [1.29, 1.82) is 0 Å². The number of benzene rings is 2. The maximum atomic E-state index is 13.2. The van der Waals surface area contributed by atoms with Crippen LogP contribution in [0.25, 0.3) is 0 Å². The fraction of sp³-hybridized carbons (Fsp3) is 0.188. The van der Waals surface area contributed by atoms with Crippen molar-refractivity contribution < 1.29 is 22.7 Å². The molecule has 0 unspecified atom stereocenters. The molecule has 122 valence electrons. The lowest BCUT2D eigenvalue weighted by molar-refractivity contribution is 0.0698. The lowest BCUT2D eigenvalue weighted by Gasteiger charge is -2.13. The second-order valence-electron chi connectivity index (χ2n) is 5.33. The number of carbonyl (C=O) groups is 1. The number of carboxylic acid groups (broad SMARTS) is 1. The zero-order valence-corrected chi connectivity index (χ0v) is 13.4. The molecule has 2 aromatic rings. The lowest BCUT2D eigenvalue weighted by atomic mass is 10.00. The van der Waals surface area contributed by atoms with Gasteiger partial charge in [-0.15, -0.1) is 0 Å². The van der Waals surface area contributed by atoms with Crippen LogP contribution in [0.15, 0.2) is 47.4 Å². The molecular formula is C16H16FNO4S. The molecule has 2 aromatic carbocycles. The van der Waals surface area contributed by atoms with Crippen molar-refractivity contribution in [3.8, 4) is 0 Å². The summed E-state index contributed by atoms with van der Waals surface area (Å²) < 4.78 is 40.0. The zero-order valence-electron chi connectivity index (χ0n) is 12.6. The van der Waals surface area contributed by atoms with Crippen LogP contribution in [-0.2, 0) is 10.0 Å². The molecule has 0 amide bonds. The molecule has 0 heterocycles. The number of hydrogen-bond donors (Lipinski definition) is 2. The fourth-order valence-electron chi connectivity index (χ4n) is 2.02. The van der Waals surface area contributed by atoms with Crippen molar-refractivity contribution in [3.63, 3.8) is 0 Å². The molecular weight excluding hydrogens is 321 g/mol. The van der Waals surface area contributed by atoms with E-state index in [1.165, 1.54) is 24.3 Å². The number of rotatable bonds is 5. The molecule has 2 N–H and O–H groups in total. The van der Waals surface area contributed by atoms with Crippen molar-refractivity contribution in [3.05, 3.63) is 59.4 Å². The molecule has 0 spiro atoms. The second-order valence-corrected chi connectivity index (χ2v) is 7.01. The number of carboxylic acids is 1. The summed E-state index contributed by atoms with van der Waals surface area (Å²) in [5.74, 6) is -1.84. The largest absolute Gasteiger partial charge is 0.478 e. The Labute approximate surface area is 133 Å². The van der Waals surface area contributed by atoms with Gasteiger partial charge in [0.1, 0.15) is 5.82 Å². The highest BCUT2D eigenvalue weighted by Gasteiger charge is 2.19. The first kappa shape index (κ1) is 17.0. The quantitative estimate of drug-likeness (QED) is 0.875. The van der Waals surface area contributed by atoms with E-state index in [0.29, 0.717) is 0 Å². The third-order valence-corrected chi connectivity index (χ3v) is 4.65. The first-order valence-electron chi connectivity index (χ1n) is 6.86. The minimum atomic E-state index is -4.08. The van der Waals surface area contributed by atoms with Crippen LogP contribution in [0, 0.1) is 5.82 Å². The number of sulfonamides is 1. The van der Waals surface area contributed by atoms with E-state index in [1.54, 1.807) is 6.07 Å². The summed E-state index contributed by atoms with van der Waals surface area (Å²) >= 11 is 0. The van der Waals surface area contributed by atoms with Gasteiger partial charge in [-0.3, -0.25) is 4.72 Å². The first-order chi connectivity index (χ1) is 10.7. The summed E-state index contributed by atoms with van der Waals surface area (Å²) in [5, 5.41) is 9.29. The Morgan fingerprint density at radius 2 is 1.87 bits per heavy atom. The topological polar surface area (TPSA) is 83.5 Å². The van der Waals surface area contributed by atoms with Gasteiger partial charge in [-0.1, -0.05) is 26.0 Å². The Hall–Kier alpha value is -2.41. The van der Waals surface area contributed by atoms with Crippen LogP contribution in [0.2, 0.25) is 0 Å². The Balaban J connectivity index is 2.45. The molecule has 0 aliphatic carbocycles. The number of hydrogen-bond acceptors (Lipinski definition) is 3. The Bertz CT molecular complexity index is 847. The van der Waals surface area contributed by atoms with Gasteiger partial charge in [-0.05, 0) is 41.8 Å². The number of anilines is 1. The van der Waals surface area contributed by atoms with Crippen molar-refractivity contribution in [1.82, 2.24) is 0 Å². The predicted octanol–water partition coefficient (Wildman–Crippen LogP) is 3.45. The van der Waals surface area contributed by atoms with Gasteiger partial charge < -0.3 is 5.11 Å². The molecule has 0 saturated heterocycles. The van der Waals surface area contributed by atoms with Crippen LogP contribution >= 0.6 is 0 Å². The minimum Gasteiger partial charge on any atom is -0.478 e. The normalized spacial score (nSPS) is 11.5. The van der Waals surface area contributed by atoms with Crippen molar-refractivity contribution in [2.75, 3.05) is 4.72 Å². The molecule has 2 rings (SSSR count). The average molecular weight is 337 g/mol. The highest BCUT2D eigenvalue weighted by molar-refractivity contribution is 7.92. The first-order valence-corrected chi connectivity index (χ1v) is 8.34. The van der Waals surface area contributed by atoms with Crippen LogP contribution in [-0.4, -0.2) is 19.5 Å². The summed E-state index contributed by atoms with van der Waals surface area (Å²) in [6, 6.07) is 8.97. The van der Waals surface area contributed by atoms with E-state index in [9.17, 15) is 22.7 Å². The van der Waals surface area contributed by atoms with Crippen molar-refractivity contribution in [2.24, 2.45) is 0 Å². The third kappa shape index (κ3) is 3.87. The molecule has 0 aliphatic heterocycles. The molecule has 0 bridgehead atoms. The van der Waals surface area contributed by atoms with Crippen LogP contribution in [0.5, 0.6) is 0 Å². The lowest BCUT2D eigenvalue weighted by Crippen LogP contribution is -2.16. The summed E-state index contributed by atoms with van der Waals surface area (Å²) in [5.41, 5.74) is 0.554. The molecule has 23 heavy (non-hydrogen) atoms. The summed E-state index contributed by atoms with van der Waals surface area (Å²) in [6.07, 6.45) is 0. The summed E-state index contributed by atoms with van der Waals surface area (Å²) in [4.78, 5) is 11.1. The van der Waals surface area contributed by atoms with E-state index in [4.69, 9.17) is 0 Å². The predicted molar refractivity (Wildman–Crippen MR) is 84.7 cm³/mol. The average Bonchev–Trinajstić information content (AvgIpc) is 2.46. The second kappa shape index (κ2) is 6.37. The molecule has 0 atom stereocenters. The fourth-order valence-corrected chi connectivity index (χ4v) is 3.14. The maximum absolute atomic E-state index is 13.2.